The average molecular weight is 495 g/mol. The highest BCUT2D eigenvalue weighted by Gasteiger charge is 2.29. The number of amides is 1. The van der Waals surface area contributed by atoms with Crippen LogP contribution >= 0.6 is 23.1 Å². The first-order valence-electron chi connectivity index (χ1n) is 11.7. The fourth-order valence-electron chi connectivity index (χ4n) is 4.70. The average Bonchev–Trinajstić information content (AvgIpc) is 3.42. The first kappa shape index (κ1) is 23.1. The highest BCUT2D eigenvalue weighted by atomic mass is 32.2. The maximum absolute atomic E-state index is 13.3. The van der Waals surface area contributed by atoms with Gasteiger partial charge in [-0.3, -0.25) is 4.79 Å². The molecule has 34 heavy (non-hydrogen) atoms. The molecular formula is C25H30N6OS2. The smallest absolute Gasteiger partial charge is 0.223 e. The number of hydrogen-bond donors (Lipinski definition) is 2. The molecule has 1 saturated heterocycles. The molecule has 7 nitrogen and oxygen atoms in total. The van der Waals surface area contributed by atoms with Crippen LogP contribution in [0.4, 0.5) is 5.82 Å². The van der Waals surface area contributed by atoms with Crippen LogP contribution in [0.5, 0.6) is 0 Å². The third kappa shape index (κ3) is 4.51. The molecule has 1 aliphatic heterocycles. The lowest BCUT2D eigenvalue weighted by atomic mass is 9.95. The summed E-state index contributed by atoms with van der Waals surface area (Å²) in [6, 6.07) is 7.90. The Morgan fingerprint density at radius 2 is 2.06 bits per heavy atom. The molecule has 2 N–H and O–H groups in total. The zero-order valence-corrected chi connectivity index (χ0v) is 21.4. The predicted molar refractivity (Wildman–Crippen MR) is 142 cm³/mol. The van der Waals surface area contributed by atoms with E-state index in [9.17, 15) is 4.79 Å². The number of aromatic nitrogens is 4. The van der Waals surface area contributed by atoms with Gasteiger partial charge in [0.25, 0.3) is 0 Å². The molecule has 1 fully saturated rings. The van der Waals surface area contributed by atoms with E-state index in [0.29, 0.717) is 0 Å². The Morgan fingerprint density at radius 1 is 1.26 bits per heavy atom. The number of thioether (sulfide) groups is 1. The minimum absolute atomic E-state index is 0.0000405. The highest BCUT2D eigenvalue weighted by Crippen LogP contribution is 2.35. The van der Waals surface area contributed by atoms with Crippen molar-refractivity contribution in [3.63, 3.8) is 0 Å². The van der Waals surface area contributed by atoms with Crippen molar-refractivity contribution in [3.05, 3.63) is 46.9 Å². The maximum Gasteiger partial charge on any atom is 0.223 e. The van der Waals surface area contributed by atoms with Crippen molar-refractivity contribution in [3.8, 4) is 0 Å². The summed E-state index contributed by atoms with van der Waals surface area (Å²) in [4.78, 5) is 35.2. The van der Waals surface area contributed by atoms with Crippen LogP contribution in [0.15, 0.2) is 30.6 Å². The Hall–Kier alpha value is -2.65. The molecule has 4 heterocycles. The number of rotatable bonds is 7. The van der Waals surface area contributed by atoms with Gasteiger partial charge in [-0.2, -0.15) is 11.8 Å². The number of carbonyl (C=O) groups is 1. The van der Waals surface area contributed by atoms with Gasteiger partial charge in [0.2, 0.25) is 5.91 Å². The van der Waals surface area contributed by atoms with Gasteiger partial charge in [-0.1, -0.05) is 12.1 Å². The molecule has 0 unspecified atom stereocenters. The number of imidazole rings is 1. The number of fused-ring (bicyclic) bond motifs is 2. The largest absolute Gasteiger partial charge is 0.356 e. The molecule has 178 valence electrons. The molecule has 0 bridgehead atoms. The number of thiophene rings is 1. The summed E-state index contributed by atoms with van der Waals surface area (Å²) in [5.41, 5.74) is 3.20. The van der Waals surface area contributed by atoms with Gasteiger partial charge in [-0.25, -0.2) is 15.0 Å². The van der Waals surface area contributed by atoms with Gasteiger partial charge in [0, 0.05) is 23.9 Å². The number of nitrogens with zero attached hydrogens (tertiary/aromatic N) is 4. The standard InChI is InChI=1S/C25H30N6OS2/c1-15-16(2)34-25-21(15)23(26-14-27-25)31-11-8-17(9-12-31)24(32)30-20(10-13-33-3)22-28-18-6-4-5-7-19(18)29-22/h4-7,14,17,20H,8-13H2,1-3H3,(H,28,29)(H,30,32)/t20-/m0/s1. The van der Waals surface area contributed by atoms with Crippen molar-refractivity contribution in [2.24, 2.45) is 5.92 Å². The van der Waals surface area contributed by atoms with Gasteiger partial charge >= 0.3 is 0 Å². The number of aryl methyl sites for hydroxylation is 2. The van der Waals surface area contributed by atoms with E-state index in [2.05, 4.69) is 45.3 Å². The maximum atomic E-state index is 13.3. The lowest BCUT2D eigenvalue weighted by Crippen LogP contribution is -2.42. The SMILES string of the molecule is CSCC[C@H](NC(=O)C1CCN(c2ncnc3sc(C)c(C)c23)CC1)c1nc2ccccc2[nH]1. The molecule has 1 aromatic carbocycles. The summed E-state index contributed by atoms with van der Waals surface area (Å²) in [7, 11) is 0. The van der Waals surface area contributed by atoms with Crippen LogP contribution in [0.1, 0.15) is 41.6 Å². The van der Waals surface area contributed by atoms with E-state index >= 15 is 0 Å². The molecule has 9 heteroatoms. The zero-order valence-electron chi connectivity index (χ0n) is 19.8. The Labute approximate surface area is 207 Å². The van der Waals surface area contributed by atoms with E-state index in [1.165, 1.54) is 10.4 Å². The van der Waals surface area contributed by atoms with Crippen molar-refractivity contribution in [1.82, 2.24) is 25.3 Å². The number of aromatic amines is 1. The molecule has 1 amide bonds. The van der Waals surface area contributed by atoms with Gasteiger partial charge in [-0.15, -0.1) is 11.3 Å². The number of benzene rings is 1. The van der Waals surface area contributed by atoms with E-state index < -0.39 is 0 Å². The monoisotopic (exact) mass is 494 g/mol. The van der Waals surface area contributed by atoms with Gasteiger partial charge in [-0.05, 0) is 62.8 Å². The van der Waals surface area contributed by atoms with Crippen LogP contribution in [0.25, 0.3) is 21.3 Å². The van der Waals surface area contributed by atoms with Crippen molar-refractivity contribution < 1.29 is 4.79 Å². The van der Waals surface area contributed by atoms with E-state index in [-0.39, 0.29) is 17.9 Å². The predicted octanol–water partition coefficient (Wildman–Crippen LogP) is 5.01. The quantitative estimate of drug-likeness (QED) is 0.376. The van der Waals surface area contributed by atoms with E-state index in [1.807, 2.05) is 24.3 Å². The Bertz CT molecular complexity index is 1270. The van der Waals surface area contributed by atoms with Crippen LogP contribution in [0, 0.1) is 19.8 Å². The van der Waals surface area contributed by atoms with Gasteiger partial charge in [0.15, 0.2) is 0 Å². The number of H-pyrrole nitrogens is 1. The molecule has 0 aliphatic carbocycles. The van der Waals surface area contributed by atoms with Crippen LogP contribution in [0.2, 0.25) is 0 Å². The summed E-state index contributed by atoms with van der Waals surface area (Å²) in [5, 5.41) is 4.47. The highest BCUT2D eigenvalue weighted by molar-refractivity contribution is 7.98. The van der Waals surface area contributed by atoms with Crippen LogP contribution < -0.4 is 10.2 Å². The number of hydrogen-bond acceptors (Lipinski definition) is 7. The molecule has 4 aromatic rings. The Balaban J connectivity index is 1.27. The summed E-state index contributed by atoms with van der Waals surface area (Å²) >= 11 is 3.51. The number of anilines is 1. The van der Waals surface area contributed by atoms with Crippen LogP contribution in [-0.4, -0.2) is 50.9 Å². The van der Waals surface area contributed by atoms with Crippen molar-refractivity contribution in [2.75, 3.05) is 30.0 Å². The third-order valence-electron chi connectivity index (χ3n) is 6.78. The molecule has 3 aromatic heterocycles. The molecular weight excluding hydrogens is 464 g/mol. The van der Waals surface area contributed by atoms with Gasteiger partial charge < -0.3 is 15.2 Å². The summed E-state index contributed by atoms with van der Waals surface area (Å²) < 4.78 is 0. The molecule has 0 radical (unpaired) electrons. The molecule has 1 atom stereocenters. The van der Waals surface area contributed by atoms with Gasteiger partial charge in [0.1, 0.15) is 22.8 Å². The van der Waals surface area contributed by atoms with Crippen molar-refractivity contribution in [2.45, 2.75) is 39.2 Å². The second-order valence-corrected chi connectivity index (χ2v) is 11.1. The fourth-order valence-corrected chi connectivity index (χ4v) is 6.16. The number of piperidine rings is 1. The summed E-state index contributed by atoms with van der Waals surface area (Å²) in [6.07, 6.45) is 6.23. The number of carbonyl (C=O) groups excluding carboxylic acids is 1. The van der Waals surface area contributed by atoms with Crippen molar-refractivity contribution >= 4 is 56.1 Å². The first-order valence-corrected chi connectivity index (χ1v) is 14.0. The minimum atomic E-state index is -0.108. The number of para-hydroxylation sites is 2. The Morgan fingerprint density at radius 3 is 2.82 bits per heavy atom. The lowest BCUT2D eigenvalue weighted by molar-refractivity contribution is -0.126. The molecule has 0 spiro atoms. The van der Waals surface area contributed by atoms with Crippen molar-refractivity contribution in [1.29, 1.82) is 0 Å². The van der Waals surface area contributed by atoms with Gasteiger partial charge in [0.05, 0.1) is 22.5 Å². The normalized spacial score (nSPS) is 15.8. The fraction of sp³-hybridized carbons (Fsp3) is 0.440. The zero-order chi connectivity index (χ0) is 23.7. The summed E-state index contributed by atoms with van der Waals surface area (Å²) in [6.45, 7) is 5.92. The molecule has 5 rings (SSSR count). The van der Waals surface area contributed by atoms with Crippen LogP contribution in [0.3, 0.4) is 0 Å². The number of nitrogens with one attached hydrogen (secondary N) is 2. The van der Waals surface area contributed by atoms with E-state index in [0.717, 1.165) is 71.0 Å². The lowest BCUT2D eigenvalue weighted by Gasteiger charge is -2.33. The minimum Gasteiger partial charge on any atom is -0.356 e. The third-order valence-corrected chi connectivity index (χ3v) is 8.53. The second kappa shape index (κ2) is 9.92. The Kier molecular flexibility index (Phi) is 6.74. The molecule has 1 aliphatic rings. The molecule has 0 saturated carbocycles. The van der Waals surface area contributed by atoms with Crippen LogP contribution in [-0.2, 0) is 4.79 Å². The van der Waals surface area contributed by atoms with E-state index in [1.54, 1.807) is 29.4 Å². The first-order chi connectivity index (χ1) is 16.5. The topological polar surface area (TPSA) is 86.8 Å². The van der Waals surface area contributed by atoms with E-state index in [4.69, 9.17) is 4.98 Å². The summed E-state index contributed by atoms with van der Waals surface area (Å²) in [5.74, 6) is 2.93. The second-order valence-electron chi connectivity index (χ2n) is 8.90.